The lowest BCUT2D eigenvalue weighted by Crippen LogP contribution is -2.30. The van der Waals surface area contributed by atoms with Crippen LogP contribution in [-0.4, -0.2) is 39.9 Å². The number of methoxy groups -OCH3 is 1. The summed E-state index contributed by atoms with van der Waals surface area (Å²) >= 11 is 6.18. The van der Waals surface area contributed by atoms with Crippen molar-refractivity contribution in [1.29, 1.82) is 0 Å². The Bertz CT molecular complexity index is 900. The van der Waals surface area contributed by atoms with Crippen molar-refractivity contribution in [2.45, 2.75) is 18.4 Å². The minimum atomic E-state index is -3.76. The number of halogens is 1. The minimum absolute atomic E-state index is 0.0813. The molecule has 0 aromatic heterocycles. The molecule has 2 aromatic rings. The van der Waals surface area contributed by atoms with Crippen LogP contribution in [0.25, 0.3) is 0 Å². The van der Waals surface area contributed by atoms with Crippen molar-refractivity contribution >= 4 is 27.5 Å². The van der Waals surface area contributed by atoms with E-state index in [0.717, 1.165) is 5.56 Å². The van der Waals surface area contributed by atoms with Gasteiger partial charge in [0.2, 0.25) is 10.0 Å². The van der Waals surface area contributed by atoms with Crippen LogP contribution in [0.1, 0.15) is 22.8 Å². The number of carbonyl (C=O) groups is 1. The summed E-state index contributed by atoms with van der Waals surface area (Å²) in [5.41, 5.74) is 1.08. The van der Waals surface area contributed by atoms with Crippen molar-refractivity contribution in [2.24, 2.45) is 0 Å². The molecule has 0 saturated carbocycles. The third-order valence-electron chi connectivity index (χ3n) is 3.96. The average Bonchev–Trinajstić information content (AvgIpc) is 2.66. The van der Waals surface area contributed by atoms with Crippen LogP contribution in [0, 0.1) is 0 Å². The van der Waals surface area contributed by atoms with Crippen LogP contribution in [0.5, 0.6) is 5.75 Å². The molecule has 0 aliphatic rings. The van der Waals surface area contributed by atoms with Crippen LogP contribution in [0.4, 0.5) is 0 Å². The van der Waals surface area contributed by atoms with Crippen LogP contribution in [-0.2, 0) is 16.6 Å². The first kappa shape index (κ1) is 20.2. The van der Waals surface area contributed by atoms with Crippen LogP contribution in [0.2, 0.25) is 5.02 Å². The van der Waals surface area contributed by atoms with Crippen molar-refractivity contribution in [3.05, 3.63) is 58.6 Å². The predicted molar refractivity (Wildman–Crippen MR) is 101 cm³/mol. The Balaban J connectivity index is 2.38. The number of ether oxygens (including phenoxy) is 1. The highest BCUT2D eigenvalue weighted by Gasteiger charge is 2.22. The summed E-state index contributed by atoms with van der Waals surface area (Å²) in [6.45, 7) is 2.63. The molecule has 0 atom stereocenters. The molecule has 1 amide bonds. The van der Waals surface area contributed by atoms with Gasteiger partial charge in [-0.3, -0.25) is 4.79 Å². The van der Waals surface area contributed by atoms with Gasteiger partial charge in [0.1, 0.15) is 10.6 Å². The molecule has 6 nitrogen and oxygen atoms in total. The highest BCUT2D eigenvalue weighted by Crippen LogP contribution is 2.26. The summed E-state index contributed by atoms with van der Waals surface area (Å²) in [7, 11) is -1.08. The number of hydrogen-bond donors (Lipinski definition) is 1. The van der Waals surface area contributed by atoms with Gasteiger partial charge < -0.3 is 9.64 Å². The number of benzene rings is 2. The Hall–Kier alpha value is -2.09. The number of hydrogen-bond acceptors (Lipinski definition) is 4. The Labute approximate surface area is 158 Å². The zero-order valence-corrected chi connectivity index (χ0v) is 16.4. The van der Waals surface area contributed by atoms with Crippen molar-refractivity contribution < 1.29 is 17.9 Å². The molecule has 2 rings (SSSR count). The number of carbonyl (C=O) groups excluding carboxylic acids is 1. The van der Waals surface area contributed by atoms with Gasteiger partial charge in [-0.2, -0.15) is 0 Å². The van der Waals surface area contributed by atoms with Gasteiger partial charge in [0.05, 0.1) is 7.11 Å². The van der Waals surface area contributed by atoms with Gasteiger partial charge in [-0.15, -0.1) is 0 Å². The van der Waals surface area contributed by atoms with Gasteiger partial charge >= 0.3 is 0 Å². The molecule has 0 bridgehead atoms. The summed E-state index contributed by atoms with van der Waals surface area (Å²) < 4.78 is 31.7. The first-order valence-corrected chi connectivity index (χ1v) is 9.84. The van der Waals surface area contributed by atoms with Crippen LogP contribution in [0.3, 0.4) is 0 Å². The molecule has 26 heavy (non-hydrogen) atoms. The van der Waals surface area contributed by atoms with Crippen molar-refractivity contribution in [2.75, 3.05) is 20.7 Å². The topological polar surface area (TPSA) is 75.7 Å². The Kier molecular flexibility index (Phi) is 6.63. The highest BCUT2D eigenvalue weighted by molar-refractivity contribution is 7.89. The van der Waals surface area contributed by atoms with Gasteiger partial charge in [0.25, 0.3) is 5.91 Å². The number of amides is 1. The van der Waals surface area contributed by atoms with E-state index < -0.39 is 10.0 Å². The van der Waals surface area contributed by atoms with E-state index in [0.29, 0.717) is 18.1 Å². The zero-order valence-electron chi connectivity index (χ0n) is 14.8. The van der Waals surface area contributed by atoms with E-state index in [1.54, 1.807) is 17.0 Å². The third-order valence-corrected chi connectivity index (χ3v) is 5.76. The van der Waals surface area contributed by atoms with E-state index in [-0.39, 0.29) is 22.1 Å². The Morgan fingerprint density at radius 3 is 2.50 bits per heavy atom. The fraction of sp³-hybridized carbons (Fsp3) is 0.278. The summed E-state index contributed by atoms with van der Waals surface area (Å²) in [5, 5.41) is 0.576. The van der Waals surface area contributed by atoms with E-state index in [4.69, 9.17) is 16.3 Å². The number of nitrogens with one attached hydrogen (secondary N) is 1. The molecule has 0 fully saturated rings. The van der Waals surface area contributed by atoms with Crippen LogP contribution < -0.4 is 9.46 Å². The zero-order chi connectivity index (χ0) is 19.3. The average molecular weight is 397 g/mol. The first-order valence-electron chi connectivity index (χ1n) is 7.98. The van der Waals surface area contributed by atoms with Gasteiger partial charge in [-0.25, -0.2) is 13.1 Å². The largest absolute Gasteiger partial charge is 0.495 e. The van der Waals surface area contributed by atoms with Gasteiger partial charge in [-0.05, 0) is 43.8 Å². The third kappa shape index (κ3) is 4.35. The fourth-order valence-electron chi connectivity index (χ4n) is 2.47. The van der Waals surface area contributed by atoms with Crippen molar-refractivity contribution in [3.8, 4) is 5.75 Å². The molecule has 0 saturated heterocycles. The Morgan fingerprint density at radius 2 is 1.92 bits per heavy atom. The maximum Gasteiger partial charge on any atom is 0.254 e. The SMILES string of the molecule is CCN(Cc1ccccc1Cl)C(=O)c1ccc(OC)c(S(=O)(=O)NC)c1. The molecule has 0 radical (unpaired) electrons. The molecule has 0 aliphatic heterocycles. The lowest BCUT2D eigenvalue weighted by Gasteiger charge is -2.22. The molecule has 0 spiro atoms. The first-order chi connectivity index (χ1) is 12.3. The smallest absolute Gasteiger partial charge is 0.254 e. The molecule has 0 aliphatic carbocycles. The molecule has 0 unspecified atom stereocenters. The van der Waals surface area contributed by atoms with E-state index in [1.165, 1.54) is 26.3 Å². The normalized spacial score (nSPS) is 11.2. The summed E-state index contributed by atoms with van der Waals surface area (Å²) in [6, 6.07) is 11.6. The number of nitrogens with zero attached hydrogens (tertiary/aromatic N) is 1. The minimum Gasteiger partial charge on any atom is -0.495 e. The molecule has 0 heterocycles. The van der Waals surface area contributed by atoms with Crippen LogP contribution in [0.15, 0.2) is 47.4 Å². The van der Waals surface area contributed by atoms with Gasteiger partial charge in [0.15, 0.2) is 0 Å². The fourth-order valence-corrected chi connectivity index (χ4v) is 3.59. The van der Waals surface area contributed by atoms with Gasteiger partial charge in [-0.1, -0.05) is 29.8 Å². The summed E-state index contributed by atoms with van der Waals surface area (Å²) in [5.74, 6) is -0.118. The number of sulfonamides is 1. The highest BCUT2D eigenvalue weighted by atomic mass is 35.5. The molecule has 2 aromatic carbocycles. The predicted octanol–water partition coefficient (Wildman–Crippen LogP) is 2.92. The second-order valence-corrected chi connectivity index (χ2v) is 7.75. The lowest BCUT2D eigenvalue weighted by molar-refractivity contribution is 0.0752. The molecular formula is C18H21ClN2O4S. The standard InChI is InChI=1S/C18H21ClN2O4S/c1-4-21(12-14-7-5-6-8-15(14)19)18(22)13-9-10-16(25-3)17(11-13)26(23,24)20-2/h5-11,20H,4,12H2,1-3H3. The number of rotatable bonds is 7. The van der Waals surface area contributed by atoms with E-state index in [1.807, 2.05) is 25.1 Å². The molecule has 140 valence electrons. The lowest BCUT2D eigenvalue weighted by atomic mass is 10.1. The molecular weight excluding hydrogens is 376 g/mol. The molecule has 1 N–H and O–H groups in total. The second-order valence-electron chi connectivity index (χ2n) is 5.48. The summed E-state index contributed by atoms with van der Waals surface area (Å²) in [6.07, 6.45) is 0. The van der Waals surface area contributed by atoms with Gasteiger partial charge in [0, 0.05) is 23.7 Å². The van der Waals surface area contributed by atoms with Crippen molar-refractivity contribution in [3.63, 3.8) is 0 Å². The molecule has 8 heteroatoms. The maximum absolute atomic E-state index is 12.9. The Morgan fingerprint density at radius 1 is 1.23 bits per heavy atom. The summed E-state index contributed by atoms with van der Waals surface area (Å²) in [4.78, 5) is 14.4. The quantitative estimate of drug-likeness (QED) is 0.780. The van der Waals surface area contributed by atoms with E-state index >= 15 is 0 Å². The monoisotopic (exact) mass is 396 g/mol. The van der Waals surface area contributed by atoms with E-state index in [9.17, 15) is 13.2 Å². The second kappa shape index (κ2) is 8.53. The van der Waals surface area contributed by atoms with E-state index in [2.05, 4.69) is 4.72 Å². The van der Waals surface area contributed by atoms with Crippen LogP contribution >= 0.6 is 11.6 Å². The van der Waals surface area contributed by atoms with Crippen molar-refractivity contribution in [1.82, 2.24) is 9.62 Å². The maximum atomic E-state index is 12.9.